The van der Waals surface area contributed by atoms with Gasteiger partial charge in [-0.2, -0.15) is 0 Å². The van der Waals surface area contributed by atoms with Crippen molar-refractivity contribution in [2.75, 3.05) is 0 Å². The molecule has 0 heterocycles. The first-order chi connectivity index (χ1) is 5.93. The molecule has 0 aromatic rings. The zero-order chi connectivity index (χ0) is 10.4. The molecule has 0 saturated carbocycles. The molecule has 0 spiro atoms. The highest BCUT2D eigenvalue weighted by atomic mass is 16.4. The van der Waals surface area contributed by atoms with E-state index in [1.54, 1.807) is 0 Å². The summed E-state index contributed by atoms with van der Waals surface area (Å²) in [7, 11) is 0. The summed E-state index contributed by atoms with van der Waals surface area (Å²) in [6.07, 6.45) is -0.0427. The van der Waals surface area contributed by atoms with Crippen LogP contribution in [0.5, 0.6) is 0 Å². The smallest absolute Gasteiger partial charge is 0.325 e. The van der Waals surface area contributed by atoms with Crippen molar-refractivity contribution in [2.24, 2.45) is 11.5 Å². The van der Waals surface area contributed by atoms with Gasteiger partial charge in [0.2, 0.25) is 5.91 Å². The van der Waals surface area contributed by atoms with Gasteiger partial charge in [0.1, 0.15) is 6.04 Å². The number of carboxylic acid groups (broad SMARTS) is 1. The summed E-state index contributed by atoms with van der Waals surface area (Å²) < 4.78 is 0. The third-order valence-electron chi connectivity index (χ3n) is 1.45. The van der Waals surface area contributed by atoms with Crippen LogP contribution in [0.1, 0.15) is 19.8 Å². The van der Waals surface area contributed by atoms with E-state index < -0.39 is 18.2 Å². The van der Waals surface area contributed by atoms with Gasteiger partial charge in [-0.15, -0.1) is 0 Å². The zero-order valence-corrected chi connectivity index (χ0v) is 7.49. The lowest BCUT2D eigenvalue weighted by molar-refractivity contribution is -0.141. The average molecular weight is 189 g/mol. The molecule has 0 aliphatic heterocycles. The Morgan fingerprint density at radius 1 is 1.46 bits per heavy atom. The Balaban J connectivity index is 3.68. The maximum Gasteiger partial charge on any atom is 0.325 e. The van der Waals surface area contributed by atoms with Gasteiger partial charge >= 0.3 is 5.97 Å². The van der Waals surface area contributed by atoms with E-state index in [4.69, 9.17) is 16.6 Å². The highest BCUT2D eigenvalue weighted by molar-refractivity contribution is 5.83. The minimum absolute atomic E-state index is 0.148. The van der Waals surface area contributed by atoms with Crippen LogP contribution in [0.25, 0.3) is 0 Å². The summed E-state index contributed by atoms with van der Waals surface area (Å²) in [6, 6.07) is -0.874. The molecule has 13 heavy (non-hydrogen) atoms. The Morgan fingerprint density at radius 2 is 2.00 bits per heavy atom. The molecule has 0 aromatic heterocycles. The molecule has 0 unspecified atom stereocenters. The predicted octanol–water partition coefficient (Wildman–Crippen LogP) is -1.40. The third kappa shape index (κ3) is 6.06. The van der Waals surface area contributed by atoms with E-state index in [0.29, 0.717) is 6.42 Å². The van der Waals surface area contributed by atoms with Crippen LogP contribution in [0.3, 0.4) is 0 Å². The van der Waals surface area contributed by atoms with E-state index in [-0.39, 0.29) is 12.3 Å². The van der Waals surface area contributed by atoms with Gasteiger partial charge in [0.05, 0.1) is 6.17 Å². The highest BCUT2D eigenvalue weighted by Gasteiger charge is 2.13. The van der Waals surface area contributed by atoms with E-state index in [9.17, 15) is 9.59 Å². The number of nitrogens with one attached hydrogen (secondary N) is 1. The Bertz CT molecular complexity index is 193. The van der Waals surface area contributed by atoms with Crippen molar-refractivity contribution in [3.8, 4) is 0 Å². The predicted molar refractivity (Wildman–Crippen MR) is 46.6 cm³/mol. The van der Waals surface area contributed by atoms with Crippen molar-refractivity contribution in [3.05, 3.63) is 0 Å². The van der Waals surface area contributed by atoms with Crippen LogP contribution in [0.4, 0.5) is 0 Å². The van der Waals surface area contributed by atoms with Crippen molar-refractivity contribution < 1.29 is 14.7 Å². The number of hydrogen-bond acceptors (Lipinski definition) is 4. The van der Waals surface area contributed by atoms with Gasteiger partial charge in [-0.25, -0.2) is 0 Å². The van der Waals surface area contributed by atoms with Gasteiger partial charge in [0.25, 0.3) is 0 Å². The summed E-state index contributed by atoms with van der Waals surface area (Å²) in [5.41, 5.74) is 10.4. The van der Waals surface area contributed by atoms with Crippen LogP contribution in [0.2, 0.25) is 0 Å². The molecule has 6 nitrogen and oxygen atoms in total. The van der Waals surface area contributed by atoms with E-state index in [1.165, 1.54) is 6.92 Å². The summed E-state index contributed by atoms with van der Waals surface area (Å²) >= 11 is 0. The van der Waals surface area contributed by atoms with Crippen molar-refractivity contribution in [1.82, 2.24) is 5.32 Å². The summed E-state index contributed by atoms with van der Waals surface area (Å²) in [4.78, 5) is 21.3. The number of hydrogen-bond donors (Lipinski definition) is 4. The lowest BCUT2D eigenvalue weighted by atomic mass is 10.2. The molecule has 0 bridgehead atoms. The lowest BCUT2D eigenvalue weighted by Gasteiger charge is -2.09. The minimum Gasteiger partial charge on any atom is -0.480 e. The number of rotatable bonds is 5. The molecule has 1 amide bonds. The average Bonchev–Trinajstić information content (AvgIpc) is 2.00. The maximum atomic E-state index is 11.0. The van der Waals surface area contributed by atoms with Crippen molar-refractivity contribution >= 4 is 11.9 Å². The Labute approximate surface area is 76.3 Å². The fourth-order valence-corrected chi connectivity index (χ4v) is 0.673. The second kappa shape index (κ2) is 5.50. The summed E-state index contributed by atoms with van der Waals surface area (Å²) in [5.74, 6) is -1.42. The zero-order valence-electron chi connectivity index (χ0n) is 7.49. The van der Waals surface area contributed by atoms with Crippen LogP contribution in [-0.2, 0) is 9.59 Å². The van der Waals surface area contributed by atoms with Crippen LogP contribution >= 0.6 is 0 Å². The Hall–Kier alpha value is -1.14. The lowest BCUT2D eigenvalue weighted by Crippen LogP contribution is -2.39. The minimum atomic E-state index is -1.06. The molecule has 0 radical (unpaired) electrons. The molecule has 6 N–H and O–H groups in total. The molecule has 0 saturated heterocycles. The number of nitrogens with two attached hydrogens (primary N) is 2. The third-order valence-corrected chi connectivity index (χ3v) is 1.45. The molecular weight excluding hydrogens is 174 g/mol. The van der Waals surface area contributed by atoms with Crippen molar-refractivity contribution in [2.45, 2.75) is 32.0 Å². The molecule has 1 atom stereocenters. The highest BCUT2D eigenvalue weighted by Crippen LogP contribution is 1.91. The van der Waals surface area contributed by atoms with Gasteiger partial charge in [-0.1, -0.05) is 0 Å². The van der Waals surface area contributed by atoms with Crippen LogP contribution in [0, 0.1) is 0 Å². The fourth-order valence-electron chi connectivity index (χ4n) is 0.673. The molecule has 0 rings (SSSR count). The van der Waals surface area contributed by atoms with Gasteiger partial charge in [0.15, 0.2) is 0 Å². The molecule has 76 valence electrons. The van der Waals surface area contributed by atoms with Crippen LogP contribution < -0.4 is 16.8 Å². The van der Waals surface area contributed by atoms with Gasteiger partial charge in [-0.3, -0.25) is 9.59 Å². The van der Waals surface area contributed by atoms with E-state index in [0.717, 1.165) is 0 Å². The van der Waals surface area contributed by atoms with Crippen LogP contribution in [0.15, 0.2) is 0 Å². The Kier molecular flexibility index (Phi) is 5.01. The first-order valence-corrected chi connectivity index (χ1v) is 3.97. The fraction of sp³-hybridized carbons (Fsp3) is 0.714. The summed E-state index contributed by atoms with van der Waals surface area (Å²) in [6.45, 7) is 1.39. The largest absolute Gasteiger partial charge is 0.480 e. The van der Waals surface area contributed by atoms with Gasteiger partial charge in [0, 0.05) is 6.42 Å². The number of amides is 1. The van der Waals surface area contributed by atoms with Crippen molar-refractivity contribution in [3.63, 3.8) is 0 Å². The quantitative estimate of drug-likeness (QED) is 0.396. The molecule has 6 heteroatoms. The van der Waals surface area contributed by atoms with Crippen LogP contribution in [-0.4, -0.2) is 29.2 Å². The van der Waals surface area contributed by atoms with Gasteiger partial charge in [-0.05, 0) is 13.3 Å². The van der Waals surface area contributed by atoms with E-state index in [2.05, 4.69) is 5.32 Å². The van der Waals surface area contributed by atoms with Crippen molar-refractivity contribution in [1.29, 1.82) is 0 Å². The first-order valence-electron chi connectivity index (χ1n) is 3.97. The molecule has 0 aliphatic carbocycles. The number of carbonyl (C=O) groups excluding carboxylic acids is 1. The molecule has 0 aliphatic rings. The Morgan fingerprint density at radius 3 is 2.38 bits per heavy atom. The second-order valence-electron chi connectivity index (χ2n) is 2.83. The first kappa shape index (κ1) is 11.9. The molecular formula is C7H15N3O3. The normalized spacial score (nSPS) is 12.6. The SMILES string of the molecule is C[C@@H](NC(=O)CCC(N)N)C(=O)O. The van der Waals surface area contributed by atoms with E-state index >= 15 is 0 Å². The number of carboxylic acids is 1. The summed E-state index contributed by atoms with van der Waals surface area (Å²) in [5, 5.41) is 10.7. The topological polar surface area (TPSA) is 118 Å². The van der Waals surface area contributed by atoms with Gasteiger partial charge < -0.3 is 21.9 Å². The maximum absolute atomic E-state index is 11.0. The molecule has 0 fully saturated rings. The second-order valence-corrected chi connectivity index (χ2v) is 2.83. The van der Waals surface area contributed by atoms with E-state index in [1.807, 2.05) is 0 Å². The monoisotopic (exact) mass is 189 g/mol. The standard InChI is InChI=1S/C7H15N3O3/c1-4(7(12)13)10-6(11)3-2-5(8)9/h4-5H,2-3,8-9H2,1H3,(H,10,11)(H,12,13)/t4-/m1/s1. The number of aliphatic carboxylic acids is 1. The molecule has 0 aromatic carbocycles. The number of carbonyl (C=O) groups is 2.